The highest BCUT2D eigenvalue weighted by Gasteiger charge is 2.49. The summed E-state index contributed by atoms with van der Waals surface area (Å²) in [5, 5.41) is 9.14. The molecule has 0 N–H and O–H groups in total. The van der Waals surface area contributed by atoms with Gasteiger partial charge in [-0.15, -0.1) is 23.5 Å². The lowest BCUT2D eigenvalue weighted by Gasteiger charge is -2.18. The lowest BCUT2D eigenvalue weighted by Crippen LogP contribution is -2.27. The number of nitrogens with zero attached hydrogens (tertiary/aromatic N) is 1. The number of rotatable bonds is 2. The van der Waals surface area contributed by atoms with Crippen LogP contribution in [-0.2, 0) is 9.84 Å². The largest absolute Gasteiger partial charge is 0.253 e. The Morgan fingerprint density at radius 2 is 1.75 bits per heavy atom. The van der Waals surface area contributed by atoms with Crippen LogP contribution in [0.1, 0.15) is 0 Å². The second-order valence-corrected chi connectivity index (χ2v) is 8.67. The van der Waals surface area contributed by atoms with Crippen molar-refractivity contribution in [1.82, 2.24) is 0 Å². The Morgan fingerprint density at radius 1 is 1.19 bits per heavy atom. The van der Waals surface area contributed by atoms with Gasteiger partial charge in [-0.1, -0.05) is 18.2 Å². The highest BCUT2D eigenvalue weighted by Crippen LogP contribution is 2.49. The molecule has 1 aliphatic heterocycles. The fraction of sp³-hybridized carbons (Fsp3) is 0.300. The van der Waals surface area contributed by atoms with Crippen molar-refractivity contribution in [1.29, 1.82) is 5.26 Å². The summed E-state index contributed by atoms with van der Waals surface area (Å²) in [4.78, 5) is 0.221. The van der Waals surface area contributed by atoms with Crippen LogP contribution >= 0.6 is 23.5 Å². The van der Waals surface area contributed by atoms with E-state index in [1.165, 1.54) is 35.7 Å². The van der Waals surface area contributed by atoms with E-state index in [0.717, 1.165) is 0 Å². The Morgan fingerprint density at radius 3 is 2.25 bits per heavy atom. The maximum atomic E-state index is 12.3. The Bertz CT molecular complexity index is 513. The molecule has 16 heavy (non-hydrogen) atoms. The summed E-state index contributed by atoms with van der Waals surface area (Å²) in [7, 11) is -3.59. The zero-order valence-electron chi connectivity index (χ0n) is 8.29. The maximum absolute atomic E-state index is 12.3. The summed E-state index contributed by atoms with van der Waals surface area (Å²) in [6.07, 6.45) is 0. The van der Waals surface area contributed by atoms with E-state index in [1.54, 1.807) is 18.2 Å². The third-order valence-electron chi connectivity index (χ3n) is 2.21. The molecule has 0 atom stereocenters. The molecular formula is C10H9NO2S3. The molecule has 1 heterocycles. The van der Waals surface area contributed by atoms with Gasteiger partial charge in [-0.3, -0.25) is 0 Å². The molecule has 0 saturated carbocycles. The minimum atomic E-state index is -3.59. The van der Waals surface area contributed by atoms with Crippen molar-refractivity contribution in [3.05, 3.63) is 30.3 Å². The van der Waals surface area contributed by atoms with E-state index in [9.17, 15) is 8.42 Å². The van der Waals surface area contributed by atoms with Gasteiger partial charge in [0.15, 0.2) is 0 Å². The Labute approximate surface area is 103 Å². The first kappa shape index (κ1) is 11.8. The zero-order valence-corrected chi connectivity index (χ0v) is 10.7. The molecule has 84 valence electrons. The number of sulfone groups is 1. The molecule has 0 spiro atoms. The molecule has 3 nitrogen and oxygen atoms in total. The van der Waals surface area contributed by atoms with E-state index in [-0.39, 0.29) is 4.90 Å². The van der Waals surface area contributed by atoms with Gasteiger partial charge in [-0.05, 0) is 12.1 Å². The molecular weight excluding hydrogens is 262 g/mol. The average molecular weight is 271 g/mol. The topological polar surface area (TPSA) is 57.9 Å². The second-order valence-electron chi connectivity index (χ2n) is 3.18. The summed E-state index contributed by atoms with van der Waals surface area (Å²) in [6.45, 7) is 0. The highest BCUT2D eigenvalue weighted by molar-refractivity contribution is 8.33. The van der Waals surface area contributed by atoms with E-state index >= 15 is 0 Å². The van der Waals surface area contributed by atoms with Crippen LogP contribution in [0.4, 0.5) is 0 Å². The van der Waals surface area contributed by atoms with Gasteiger partial charge in [0.2, 0.25) is 9.84 Å². The van der Waals surface area contributed by atoms with E-state index < -0.39 is 13.2 Å². The number of thioether (sulfide) groups is 2. The fourth-order valence-corrected chi connectivity index (χ4v) is 6.86. The molecule has 1 saturated heterocycles. The molecule has 0 radical (unpaired) electrons. The van der Waals surface area contributed by atoms with Crippen LogP contribution < -0.4 is 0 Å². The lowest BCUT2D eigenvalue weighted by atomic mass is 10.4. The monoisotopic (exact) mass is 271 g/mol. The SMILES string of the molecule is N#CC1(S(=O)(=O)c2ccccc2)SCCS1. The normalized spacial score (nSPS) is 19.2. The summed E-state index contributed by atoms with van der Waals surface area (Å²) in [5.74, 6) is 1.40. The van der Waals surface area contributed by atoms with Crippen molar-refractivity contribution in [2.45, 2.75) is 8.31 Å². The Kier molecular flexibility index (Phi) is 3.19. The average Bonchev–Trinajstić information content (AvgIpc) is 2.80. The van der Waals surface area contributed by atoms with E-state index in [1.807, 2.05) is 6.07 Å². The molecule has 0 amide bonds. The van der Waals surface area contributed by atoms with Crippen LogP contribution in [-0.4, -0.2) is 23.3 Å². The third-order valence-corrected chi connectivity index (χ3v) is 8.65. The minimum absolute atomic E-state index is 0.221. The third kappa shape index (κ3) is 1.73. The van der Waals surface area contributed by atoms with Crippen LogP contribution in [0.25, 0.3) is 0 Å². The number of benzene rings is 1. The smallest absolute Gasteiger partial charge is 0.220 e. The summed E-state index contributed by atoms with van der Waals surface area (Å²) in [6, 6.07) is 10.1. The number of hydrogen-bond donors (Lipinski definition) is 0. The van der Waals surface area contributed by atoms with Crippen molar-refractivity contribution >= 4 is 33.4 Å². The predicted octanol–water partition coefficient (Wildman–Crippen LogP) is 2.12. The molecule has 1 aromatic rings. The van der Waals surface area contributed by atoms with Crippen molar-refractivity contribution in [2.75, 3.05) is 11.5 Å². The van der Waals surface area contributed by atoms with Crippen LogP contribution in [0.3, 0.4) is 0 Å². The molecule has 1 aromatic carbocycles. The predicted molar refractivity (Wildman–Crippen MR) is 66.9 cm³/mol. The van der Waals surface area contributed by atoms with Crippen molar-refractivity contribution in [3.63, 3.8) is 0 Å². The molecule has 0 aliphatic carbocycles. The van der Waals surface area contributed by atoms with E-state index in [2.05, 4.69) is 0 Å². The van der Waals surface area contributed by atoms with Gasteiger partial charge in [0, 0.05) is 11.5 Å². The first-order chi connectivity index (χ1) is 7.62. The Hall–Kier alpha value is -0.640. The van der Waals surface area contributed by atoms with Gasteiger partial charge in [0.25, 0.3) is 3.41 Å². The highest BCUT2D eigenvalue weighted by atomic mass is 32.3. The minimum Gasteiger partial charge on any atom is -0.220 e. The van der Waals surface area contributed by atoms with Crippen molar-refractivity contribution in [3.8, 4) is 6.07 Å². The summed E-state index contributed by atoms with van der Waals surface area (Å²) in [5.41, 5.74) is 0. The molecule has 2 rings (SSSR count). The molecule has 0 unspecified atom stereocenters. The van der Waals surface area contributed by atoms with Gasteiger partial charge in [0.1, 0.15) is 6.07 Å². The summed E-state index contributed by atoms with van der Waals surface area (Å²) >= 11 is 2.41. The van der Waals surface area contributed by atoms with Gasteiger partial charge in [-0.25, -0.2) is 8.42 Å². The lowest BCUT2D eigenvalue weighted by molar-refractivity contribution is 0.595. The standard InChI is InChI=1S/C10H9NO2S3/c11-8-10(14-6-7-15-10)16(12,13)9-4-2-1-3-5-9/h1-5H,6-7H2. The van der Waals surface area contributed by atoms with Gasteiger partial charge in [0.05, 0.1) is 4.90 Å². The molecule has 0 bridgehead atoms. The summed E-state index contributed by atoms with van der Waals surface area (Å²) < 4.78 is 23.3. The molecule has 0 aromatic heterocycles. The van der Waals surface area contributed by atoms with Crippen LogP contribution in [0.2, 0.25) is 0 Å². The van der Waals surface area contributed by atoms with Gasteiger partial charge < -0.3 is 0 Å². The fourth-order valence-electron chi connectivity index (χ4n) is 1.43. The van der Waals surface area contributed by atoms with Crippen LogP contribution in [0.5, 0.6) is 0 Å². The van der Waals surface area contributed by atoms with Crippen molar-refractivity contribution in [2.24, 2.45) is 0 Å². The van der Waals surface area contributed by atoms with E-state index in [0.29, 0.717) is 11.5 Å². The molecule has 1 fully saturated rings. The van der Waals surface area contributed by atoms with Crippen LogP contribution in [0, 0.1) is 11.3 Å². The Balaban J connectivity index is 2.52. The quantitative estimate of drug-likeness (QED) is 0.824. The number of hydrogen-bond acceptors (Lipinski definition) is 5. The first-order valence-corrected chi connectivity index (χ1v) is 8.07. The first-order valence-electron chi connectivity index (χ1n) is 4.61. The van der Waals surface area contributed by atoms with Gasteiger partial charge >= 0.3 is 0 Å². The maximum Gasteiger partial charge on any atom is 0.253 e. The van der Waals surface area contributed by atoms with Gasteiger partial charge in [-0.2, -0.15) is 5.26 Å². The second kappa shape index (κ2) is 4.32. The zero-order chi connectivity index (χ0) is 11.6. The molecule has 1 aliphatic rings. The number of nitriles is 1. The van der Waals surface area contributed by atoms with Crippen molar-refractivity contribution < 1.29 is 8.42 Å². The van der Waals surface area contributed by atoms with E-state index in [4.69, 9.17) is 5.26 Å². The molecule has 6 heteroatoms. The van der Waals surface area contributed by atoms with Crippen LogP contribution in [0.15, 0.2) is 35.2 Å².